The second kappa shape index (κ2) is 6.59. The molecule has 4 rings (SSSR count). The van der Waals surface area contributed by atoms with Gasteiger partial charge in [0.1, 0.15) is 5.54 Å². The van der Waals surface area contributed by atoms with Crippen molar-refractivity contribution in [2.75, 3.05) is 19.6 Å². The van der Waals surface area contributed by atoms with Crippen LogP contribution in [0.4, 0.5) is 4.79 Å². The van der Waals surface area contributed by atoms with E-state index in [1.165, 1.54) is 4.90 Å². The van der Waals surface area contributed by atoms with Crippen molar-refractivity contribution in [3.8, 4) is 0 Å². The molecule has 27 heavy (non-hydrogen) atoms. The minimum absolute atomic E-state index is 0.0552. The Morgan fingerprint density at radius 2 is 2.07 bits per heavy atom. The van der Waals surface area contributed by atoms with Gasteiger partial charge >= 0.3 is 6.03 Å². The summed E-state index contributed by atoms with van der Waals surface area (Å²) in [6.45, 7) is 5.01. The number of aromatic nitrogens is 2. The first-order valence-electron chi connectivity index (χ1n) is 9.38. The van der Waals surface area contributed by atoms with E-state index in [-0.39, 0.29) is 35.8 Å². The van der Waals surface area contributed by atoms with Gasteiger partial charge in [0.05, 0.1) is 6.04 Å². The lowest BCUT2D eigenvalue weighted by molar-refractivity contribution is -0.130. The first-order chi connectivity index (χ1) is 12.8. The molecule has 2 N–H and O–H groups in total. The average molecular weight is 376 g/mol. The number of rotatable bonds is 6. The summed E-state index contributed by atoms with van der Waals surface area (Å²) in [7, 11) is 0. The Morgan fingerprint density at radius 3 is 2.74 bits per heavy atom. The summed E-state index contributed by atoms with van der Waals surface area (Å²) in [5, 5.41) is 9.32. The summed E-state index contributed by atoms with van der Waals surface area (Å²) >= 11 is 0. The molecule has 2 aliphatic heterocycles. The largest absolute Gasteiger partial charge is 0.346 e. The molecule has 3 heterocycles. The zero-order valence-corrected chi connectivity index (χ0v) is 15.5. The van der Waals surface area contributed by atoms with Crippen LogP contribution in [0.25, 0.3) is 0 Å². The van der Waals surface area contributed by atoms with Crippen LogP contribution in [0.2, 0.25) is 0 Å². The van der Waals surface area contributed by atoms with E-state index in [1.807, 2.05) is 0 Å². The zero-order valence-electron chi connectivity index (χ0n) is 15.5. The second-order valence-electron chi connectivity index (χ2n) is 7.91. The van der Waals surface area contributed by atoms with Crippen LogP contribution in [0, 0.1) is 0 Å². The highest BCUT2D eigenvalue weighted by Gasteiger charge is 2.44. The van der Waals surface area contributed by atoms with Gasteiger partial charge in [-0.15, -0.1) is 0 Å². The van der Waals surface area contributed by atoms with Gasteiger partial charge in [-0.05, 0) is 46.1 Å². The Balaban J connectivity index is 1.38. The zero-order chi connectivity index (χ0) is 19.2. The molecular formula is C17H24N6O4. The number of imide groups is 1. The van der Waals surface area contributed by atoms with Crippen molar-refractivity contribution in [2.24, 2.45) is 0 Å². The fraction of sp³-hybridized carbons (Fsp3) is 0.706. The lowest BCUT2D eigenvalue weighted by Crippen LogP contribution is -2.41. The van der Waals surface area contributed by atoms with Crippen molar-refractivity contribution in [1.82, 2.24) is 30.6 Å². The summed E-state index contributed by atoms with van der Waals surface area (Å²) in [5.41, 5.74) is -0.863. The van der Waals surface area contributed by atoms with Crippen molar-refractivity contribution in [1.29, 1.82) is 0 Å². The third kappa shape index (κ3) is 3.53. The van der Waals surface area contributed by atoms with Crippen molar-refractivity contribution < 1.29 is 18.9 Å². The Bertz CT molecular complexity index is 771. The monoisotopic (exact) mass is 376 g/mol. The van der Waals surface area contributed by atoms with E-state index in [4.69, 9.17) is 4.52 Å². The highest BCUT2D eigenvalue weighted by molar-refractivity contribution is 6.06. The molecule has 1 unspecified atom stereocenters. The molecule has 2 saturated heterocycles. The molecule has 1 aliphatic carbocycles. The lowest BCUT2D eigenvalue weighted by atomic mass is 10.1. The number of likely N-dealkylation sites (tertiary alicyclic amines) is 1. The molecule has 1 atom stereocenters. The molecule has 0 spiro atoms. The van der Waals surface area contributed by atoms with E-state index in [0.717, 1.165) is 32.2 Å². The second-order valence-corrected chi connectivity index (χ2v) is 7.91. The molecule has 0 aromatic carbocycles. The first kappa shape index (κ1) is 17.9. The third-order valence-electron chi connectivity index (χ3n) is 5.26. The Hall–Kier alpha value is -2.49. The minimum Gasteiger partial charge on any atom is -0.346 e. The van der Waals surface area contributed by atoms with Gasteiger partial charge in [-0.25, -0.2) is 4.79 Å². The molecule has 1 saturated carbocycles. The number of carbonyl (C=O) groups excluding carboxylic acids is 3. The summed E-state index contributed by atoms with van der Waals surface area (Å²) in [5.74, 6) is -0.0655. The number of amides is 4. The van der Waals surface area contributed by atoms with E-state index >= 15 is 0 Å². The van der Waals surface area contributed by atoms with E-state index in [9.17, 15) is 14.4 Å². The Labute approximate surface area is 156 Å². The van der Waals surface area contributed by atoms with Gasteiger partial charge in [0, 0.05) is 19.1 Å². The normalized spacial score (nSPS) is 25.1. The van der Waals surface area contributed by atoms with Crippen LogP contribution in [0.5, 0.6) is 0 Å². The molecular weight excluding hydrogens is 352 g/mol. The van der Waals surface area contributed by atoms with Crippen molar-refractivity contribution >= 4 is 17.8 Å². The molecule has 1 aromatic heterocycles. The number of hydrogen-bond donors (Lipinski definition) is 2. The van der Waals surface area contributed by atoms with Gasteiger partial charge in [-0.3, -0.25) is 19.4 Å². The summed E-state index contributed by atoms with van der Waals surface area (Å²) < 4.78 is 5.33. The lowest BCUT2D eigenvalue weighted by Gasteiger charge is -2.24. The van der Waals surface area contributed by atoms with Crippen LogP contribution in [-0.2, 0) is 4.79 Å². The van der Waals surface area contributed by atoms with E-state index in [0.29, 0.717) is 19.0 Å². The first-order valence-corrected chi connectivity index (χ1v) is 9.38. The van der Waals surface area contributed by atoms with Crippen molar-refractivity contribution in [3.05, 3.63) is 11.7 Å². The fourth-order valence-corrected chi connectivity index (χ4v) is 3.56. The summed E-state index contributed by atoms with van der Waals surface area (Å²) in [6.07, 6.45) is 3.76. The van der Waals surface area contributed by atoms with Crippen molar-refractivity contribution in [3.63, 3.8) is 0 Å². The van der Waals surface area contributed by atoms with Crippen molar-refractivity contribution in [2.45, 2.75) is 57.2 Å². The number of nitrogens with one attached hydrogen (secondary N) is 2. The molecule has 0 radical (unpaired) electrons. The molecule has 4 amide bonds. The summed E-state index contributed by atoms with van der Waals surface area (Å²) in [6, 6.07) is -0.234. The van der Waals surface area contributed by atoms with Gasteiger partial charge in [-0.2, -0.15) is 4.98 Å². The van der Waals surface area contributed by atoms with Gasteiger partial charge < -0.3 is 15.2 Å². The van der Waals surface area contributed by atoms with Gasteiger partial charge in [0.15, 0.2) is 0 Å². The Kier molecular flexibility index (Phi) is 4.37. The predicted octanol–water partition coefficient (Wildman–Crippen LogP) is 0.429. The highest BCUT2D eigenvalue weighted by atomic mass is 16.5. The quantitative estimate of drug-likeness (QED) is 0.691. The topological polar surface area (TPSA) is 121 Å². The molecule has 0 bridgehead atoms. The maximum Gasteiger partial charge on any atom is 0.325 e. The van der Waals surface area contributed by atoms with Crippen LogP contribution in [0.3, 0.4) is 0 Å². The van der Waals surface area contributed by atoms with Gasteiger partial charge in [0.25, 0.3) is 17.6 Å². The number of carbonyl (C=O) groups is 3. The molecule has 3 fully saturated rings. The standard InChI is InChI=1S/C17H24N6O4/c1-17(2)15(25)23(16(26)20-17)9-8-22-7-3-4-11(22)14-19-12(21-27-14)13(24)18-10-5-6-10/h10-11H,3-9H2,1-2H3,(H,18,24)(H,20,26). The van der Waals surface area contributed by atoms with Crippen LogP contribution < -0.4 is 10.6 Å². The number of hydrogen-bond acceptors (Lipinski definition) is 7. The third-order valence-corrected chi connectivity index (χ3v) is 5.26. The summed E-state index contributed by atoms with van der Waals surface area (Å²) in [4.78, 5) is 44.0. The smallest absolute Gasteiger partial charge is 0.325 e. The molecule has 10 nitrogen and oxygen atoms in total. The fourth-order valence-electron chi connectivity index (χ4n) is 3.56. The SMILES string of the molecule is CC1(C)NC(=O)N(CCN2CCCC2c2nc(C(=O)NC3CC3)no2)C1=O. The van der Waals surface area contributed by atoms with Gasteiger partial charge in [-0.1, -0.05) is 5.16 Å². The average Bonchev–Trinajstić information content (AvgIpc) is 3.05. The number of urea groups is 1. The van der Waals surface area contributed by atoms with Crippen LogP contribution >= 0.6 is 0 Å². The van der Waals surface area contributed by atoms with E-state index in [1.54, 1.807) is 13.8 Å². The van der Waals surface area contributed by atoms with E-state index < -0.39 is 5.54 Å². The molecule has 1 aromatic rings. The molecule has 146 valence electrons. The van der Waals surface area contributed by atoms with E-state index in [2.05, 4.69) is 25.7 Å². The minimum atomic E-state index is -0.863. The number of nitrogens with zero attached hydrogens (tertiary/aromatic N) is 4. The molecule has 10 heteroatoms. The Morgan fingerprint density at radius 1 is 1.30 bits per heavy atom. The van der Waals surface area contributed by atoms with Crippen LogP contribution in [-0.4, -0.2) is 69.0 Å². The maximum absolute atomic E-state index is 12.3. The maximum atomic E-state index is 12.3. The predicted molar refractivity (Wildman–Crippen MR) is 92.7 cm³/mol. The van der Waals surface area contributed by atoms with Crippen LogP contribution in [0.1, 0.15) is 62.1 Å². The molecule has 3 aliphatic rings. The highest BCUT2D eigenvalue weighted by Crippen LogP contribution is 2.31. The van der Waals surface area contributed by atoms with Gasteiger partial charge in [0.2, 0.25) is 5.89 Å². The van der Waals surface area contributed by atoms with Crippen LogP contribution in [0.15, 0.2) is 4.52 Å².